The first kappa shape index (κ1) is 12.3. The molecule has 0 fully saturated rings. The second-order valence-electron chi connectivity index (χ2n) is 3.60. The third-order valence-electron chi connectivity index (χ3n) is 2.01. The van der Waals surface area contributed by atoms with Crippen molar-refractivity contribution in [1.29, 1.82) is 0 Å². The molecule has 0 aliphatic heterocycles. The Morgan fingerprint density at radius 1 is 1.53 bits per heavy atom. The van der Waals surface area contributed by atoms with E-state index in [1.54, 1.807) is 6.07 Å². The summed E-state index contributed by atoms with van der Waals surface area (Å²) in [4.78, 5) is 21.6. The van der Waals surface area contributed by atoms with Crippen LogP contribution < -0.4 is 10.5 Å². The van der Waals surface area contributed by atoms with Gasteiger partial charge in [0.25, 0.3) is 0 Å². The van der Waals surface area contributed by atoms with Gasteiger partial charge >= 0.3 is 7.60 Å². The molecular weight excluding hydrogens is 263 g/mol. The summed E-state index contributed by atoms with van der Waals surface area (Å²) in [6, 6.07) is 3.57. The summed E-state index contributed by atoms with van der Waals surface area (Å²) in [5, 5.41) is 0.395. The summed E-state index contributed by atoms with van der Waals surface area (Å²) in [6.45, 7) is 1.86. The van der Waals surface area contributed by atoms with Crippen LogP contribution in [0.25, 0.3) is 10.2 Å². The third-order valence-corrected chi connectivity index (χ3v) is 3.31. The fraction of sp³-hybridized carbons (Fsp3) is 0.222. The second kappa shape index (κ2) is 4.27. The van der Waals surface area contributed by atoms with Crippen LogP contribution in [-0.4, -0.2) is 21.1 Å². The number of thiazole rings is 1. The normalized spacial score (nSPS) is 11.9. The molecule has 0 aliphatic carbocycles. The molecular formula is C9H11N2O4PS. The molecule has 1 aromatic heterocycles. The fourth-order valence-corrected chi connectivity index (χ4v) is 2.57. The molecule has 0 saturated heterocycles. The quantitative estimate of drug-likeness (QED) is 0.735. The van der Waals surface area contributed by atoms with Crippen LogP contribution in [0.1, 0.15) is 5.56 Å². The molecule has 0 bridgehead atoms. The number of aromatic nitrogens is 1. The van der Waals surface area contributed by atoms with E-state index in [9.17, 15) is 4.57 Å². The molecule has 8 heteroatoms. The van der Waals surface area contributed by atoms with Crippen molar-refractivity contribution in [2.24, 2.45) is 0 Å². The Balaban J connectivity index is 2.41. The maximum atomic E-state index is 10.8. The number of nitrogens with zero attached hydrogens (tertiary/aromatic N) is 1. The van der Waals surface area contributed by atoms with Crippen molar-refractivity contribution in [2.45, 2.75) is 6.92 Å². The number of hydrogen-bond acceptors (Lipinski definition) is 5. The predicted octanol–water partition coefficient (Wildman–Crippen LogP) is 1.70. The molecule has 6 nitrogen and oxygen atoms in total. The van der Waals surface area contributed by atoms with Gasteiger partial charge < -0.3 is 20.3 Å². The first-order chi connectivity index (χ1) is 7.85. The Morgan fingerprint density at radius 3 is 2.88 bits per heavy atom. The second-order valence-corrected chi connectivity index (χ2v) is 6.25. The van der Waals surface area contributed by atoms with E-state index in [0.29, 0.717) is 16.4 Å². The number of benzene rings is 1. The van der Waals surface area contributed by atoms with Gasteiger partial charge in [-0.15, -0.1) is 0 Å². The highest BCUT2D eigenvalue weighted by Gasteiger charge is 2.16. The molecule has 0 amide bonds. The van der Waals surface area contributed by atoms with Crippen molar-refractivity contribution < 1.29 is 19.1 Å². The molecule has 2 rings (SSSR count). The van der Waals surface area contributed by atoms with Gasteiger partial charge in [-0.25, -0.2) is 4.98 Å². The van der Waals surface area contributed by atoms with Crippen LogP contribution in [-0.2, 0) is 4.57 Å². The molecule has 2 aromatic rings. The van der Waals surface area contributed by atoms with Gasteiger partial charge in [0, 0.05) is 0 Å². The standard InChI is InChI=1S/C9H11N2O4PS/c1-5-2-6(15-4-16(12,13)14)8-7(3-5)17-9(10)11-8/h2-3H,4H2,1H3,(H2,10,11)(H2,12,13,14). The lowest BCUT2D eigenvalue weighted by Gasteiger charge is -2.08. The first-order valence-electron chi connectivity index (χ1n) is 4.69. The van der Waals surface area contributed by atoms with E-state index in [2.05, 4.69) is 4.98 Å². The Labute approximate surface area is 101 Å². The lowest BCUT2D eigenvalue weighted by atomic mass is 10.2. The number of aryl methyl sites for hydroxylation is 1. The fourth-order valence-electron chi connectivity index (χ4n) is 1.41. The average Bonchev–Trinajstić information content (AvgIpc) is 2.53. The number of nitrogens with two attached hydrogens (primary N) is 1. The van der Waals surface area contributed by atoms with Crippen LogP contribution in [0.15, 0.2) is 12.1 Å². The van der Waals surface area contributed by atoms with E-state index in [0.717, 1.165) is 10.3 Å². The zero-order valence-corrected chi connectivity index (χ0v) is 10.7. The maximum absolute atomic E-state index is 10.8. The van der Waals surface area contributed by atoms with Crippen molar-refractivity contribution in [3.05, 3.63) is 17.7 Å². The van der Waals surface area contributed by atoms with Crippen LogP contribution in [0.2, 0.25) is 0 Å². The highest BCUT2D eigenvalue weighted by Crippen LogP contribution is 2.37. The van der Waals surface area contributed by atoms with E-state index >= 15 is 0 Å². The van der Waals surface area contributed by atoms with Gasteiger partial charge in [0.05, 0.1) is 4.70 Å². The summed E-state index contributed by atoms with van der Waals surface area (Å²) in [6.07, 6.45) is -0.664. The highest BCUT2D eigenvalue weighted by molar-refractivity contribution is 7.51. The molecule has 4 N–H and O–H groups in total. The molecule has 0 atom stereocenters. The van der Waals surface area contributed by atoms with E-state index in [1.165, 1.54) is 11.3 Å². The molecule has 17 heavy (non-hydrogen) atoms. The van der Waals surface area contributed by atoms with Crippen LogP contribution in [0.5, 0.6) is 5.75 Å². The maximum Gasteiger partial charge on any atom is 0.362 e. The monoisotopic (exact) mass is 274 g/mol. The van der Waals surface area contributed by atoms with Crippen molar-refractivity contribution in [1.82, 2.24) is 4.98 Å². The van der Waals surface area contributed by atoms with Crippen molar-refractivity contribution >= 4 is 34.3 Å². The summed E-state index contributed by atoms with van der Waals surface area (Å²) >= 11 is 1.31. The van der Waals surface area contributed by atoms with E-state index < -0.39 is 13.9 Å². The van der Waals surface area contributed by atoms with Gasteiger partial charge in [-0.1, -0.05) is 11.3 Å². The average molecular weight is 274 g/mol. The van der Waals surface area contributed by atoms with E-state index in [1.807, 2.05) is 13.0 Å². The van der Waals surface area contributed by atoms with Gasteiger partial charge in [-0.2, -0.15) is 0 Å². The molecule has 0 saturated carbocycles. The Bertz CT molecular complexity index is 606. The van der Waals surface area contributed by atoms with E-state index in [-0.39, 0.29) is 0 Å². The van der Waals surface area contributed by atoms with Crippen LogP contribution in [0.3, 0.4) is 0 Å². The van der Waals surface area contributed by atoms with Gasteiger partial charge in [-0.3, -0.25) is 4.57 Å². The summed E-state index contributed by atoms with van der Waals surface area (Å²) in [5.74, 6) is 0.344. The highest BCUT2D eigenvalue weighted by atomic mass is 32.1. The van der Waals surface area contributed by atoms with Crippen LogP contribution in [0, 0.1) is 6.92 Å². The first-order valence-corrected chi connectivity index (χ1v) is 7.30. The molecule has 0 unspecified atom stereocenters. The minimum absolute atomic E-state index is 0.344. The minimum atomic E-state index is -4.20. The molecule has 1 aromatic carbocycles. The Kier molecular flexibility index (Phi) is 3.09. The lowest BCUT2D eigenvalue weighted by Crippen LogP contribution is -1.99. The number of nitrogen functional groups attached to an aromatic ring is 1. The lowest BCUT2D eigenvalue weighted by molar-refractivity contribution is 0.302. The Morgan fingerprint density at radius 2 is 2.24 bits per heavy atom. The van der Waals surface area contributed by atoms with Crippen LogP contribution >= 0.6 is 18.9 Å². The third kappa shape index (κ3) is 2.95. The van der Waals surface area contributed by atoms with Gasteiger partial charge in [-0.05, 0) is 24.6 Å². The number of rotatable bonds is 3. The molecule has 0 aliphatic rings. The zero-order chi connectivity index (χ0) is 12.6. The van der Waals surface area contributed by atoms with Crippen molar-refractivity contribution in [2.75, 3.05) is 12.1 Å². The van der Waals surface area contributed by atoms with Gasteiger partial charge in [0.15, 0.2) is 11.5 Å². The minimum Gasteiger partial charge on any atom is -0.479 e. The summed E-state index contributed by atoms with van der Waals surface area (Å²) in [5.41, 5.74) is 7.04. The number of ether oxygens (including phenoxy) is 1. The van der Waals surface area contributed by atoms with Crippen molar-refractivity contribution in [3.63, 3.8) is 0 Å². The largest absolute Gasteiger partial charge is 0.479 e. The molecule has 92 valence electrons. The smallest absolute Gasteiger partial charge is 0.362 e. The predicted molar refractivity (Wildman–Crippen MR) is 66.3 cm³/mol. The molecule has 0 spiro atoms. The number of fused-ring (bicyclic) bond motifs is 1. The topological polar surface area (TPSA) is 106 Å². The van der Waals surface area contributed by atoms with Crippen LogP contribution in [0.4, 0.5) is 5.13 Å². The number of hydrogen-bond donors (Lipinski definition) is 3. The summed E-state index contributed by atoms with van der Waals surface area (Å²) in [7, 11) is -4.20. The SMILES string of the molecule is Cc1cc(OCP(=O)(O)O)c2nc(N)sc2c1. The Hall–Kier alpha value is -1.14. The van der Waals surface area contributed by atoms with E-state index in [4.69, 9.17) is 20.3 Å². The summed E-state index contributed by atoms with van der Waals surface area (Å²) < 4.78 is 16.7. The number of anilines is 1. The van der Waals surface area contributed by atoms with Gasteiger partial charge in [0.1, 0.15) is 11.3 Å². The van der Waals surface area contributed by atoms with Crippen molar-refractivity contribution in [3.8, 4) is 5.75 Å². The molecule has 0 radical (unpaired) electrons. The zero-order valence-electron chi connectivity index (χ0n) is 8.95. The van der Waals surface area contributed by atoms with Gasteiger partial charge in [0.2, 0.25) is 0 Å². The molecule has 1 heterocycles.